The second-order valence-electron chi connectivity index (χ2n) is 5.99. The normalized spacial score (nSPS) is 10.9. The van der Waals surface area contributed by atoms with Gasteiger partial charge in [0.05, 0.1) is 0 Å². The van der Waals surface area contributed by atoms with Crippen LogP contribution in [0.3, 0.4) is 0 Å². The van der Waals surface area contributed by atoms with E-state index in [1.54, 1.807) is 25.8 Å². The molecule has 0 aliphatic carbocycles. The SMILES string of the molecule is CC(C)CN(NC(=O)OC(C)(C)C)c1cc(C#N)ncn1. The van der Waals surface area contributed by atoms with Gasteiger partial charge in [-0.3, -0.25) is 5.01 Å². The number of hydrazine groups is 1. The summed E-state index contributed by atoms with van der Waals surface area (Å²) in [4.78, 5) is 19.8. The van der Waals surface area contributed by atoms with Crippen LogP contribution >= 0.6 is 0 Å². The minimum Gasteiger partial charge on any atom is -0.443 e. The molecule has 0 aromatic carbocycles. The van der Waals surface area contributed by atoms with Gasteiger partial charge in [0.25, 0.3) is 0 Å². The van der Waals surface area contributed by atoms with Crippen molar-refractivity contribution in [1.82, 2.24) is 15.4 Å². The van der Waals surface area contributed by atoms with Crippen molar-refractivity contribution >= 4 is 11.9 Å². The van der Waals surface area contributed by atoms with Crippen LogP contribution < -0.4 is 10.4 Å². The molecule has 114 valence electrons. The van der Waals surface area contributed by atoms with Gasteiger partial charge in [0, 0.05) is 12.6 Å². The number of carbonyl (C=O) groups excluding carboxylic acids is 1. The molecule has 1 amide bonds. The summed E-state index contributed by atoms with van der Waals surface area (Å²) in [5, 5.41) is 10.4. The molecule has 0 saturated carbocycles. The Morgan fingerprint density at radius 2 is 2.14 bits per heavy atom. The fraction of sp³-hybridized carbons (Fsp3) is 0.571. The zero-order valence-electron chi connectivity index (χ0n) is 13.0. The number of nitrogens with zero attached hydrogens (tertiary/aromatic N) is 4. The van der Waals surface area contributed by atoms with E-state index in [1.807, 2.05) is 19.9 Å². The van der Waals surface area contributed by atoms with Gasteiger partial charge in [-0.05, 0) is 26.7 Å². The van der Waals surface area contributed by atoms with Gasteiger partial charge in [0.2, 0.25) is 0 Å². The zero-order valence-corrected chi connectivity index (χ0v) is 13.0. The van der Waals surface area contributed by atoms with Crippen molar-refractivity contribution in [3.05, 3.63) is 18.1 Å². The van der Waals surface area contributed by atoms with Gasteiger partial charge >= 0.3 is 6.09 Å². The fourth-order valence-corrected chi connectivity index (χ4v) is 1.53. The van der Waals surface area contributed by atoms with Crippen LogP contribution in [0.4, 0.5) is 10.6 Å². The Morgan fingerprint density at radius 1 is 1.48 bits per heavy atom. The van der Waals surface area contributed by atoms with Crippen LogP contribution in [0.1, 0.15) is 40.3 Å². The molecule has 7 nitrogen and oxygen atoms in total. The predicted molar refractivity (Wildman–Crippen MR) is 78.3 cm³/mol. The van der Waals surface area contributed by atoms with Gasteiger partial charge in [0.15, 0.2) is 5.82 Å². The number of amides is 1. The molecular formula is C14H21N5O2. The number of rotatable bonds is 4. The molecule has 0 spiro atoms. The molecule has 7 heteroatoms. The Morgan fingerprint density at radius 3 is 2.67 bits per heavy atom. The Hall–Kier alpha value is -2.36. The molecule has 0 aliphatic rings. The monoisotopic (exact) mass is 291 g/mol. The number of nitriles is 1. The van der Waals surface area contributed by atoms with E-state index < -0.39 is 11.7 Å². The van der Waals surface area contributed by atoms with Crippen LogP contribution in [0, 0.1) is 17.2 Å². The first kappa shape index (κ1) is 16.7. The maximum absolute atomic E-state index is 11.9. The highest BCUT2D eigenvalue weighted by Gasteiger charge is 2.20. The molecule has 21 heavy (non-hydrogen) atoms. The zero-order chi connectivity index (χ0) is 16.0. The molecule has 1 heterocycles. The maximum atomic E-state index is 11.9. The van der Waals surface area contributed by atoms with Gasteiger partial charge in [-0.15, -0.1) is 0 Å². The lowest BCUT2D eigenvalue weighted by Gasteiger charge is -2.28. The summed E-state index contributed by atoms with van der Waals surface area (Å²) in [5.74, 6) is 0.724. The molecular weight excluding hydrogens is 270 g/mol. The van der Waals surface area contributed by atoms with Crippen LogP contribution in [0.5, 0.6) is 0 Å². The Labute approximate surface area is 124 Å². The number of nitrogens with one attached hydrogen (secondary N) is 1. The number of hydrogen-bond acceptors (Lipinski definition) is 6. The van der Waals surface area contributed by atoms with Gasteiger partial charge in [0.1, 0.15) is 23.7 Å². The number of anilines is 1. The van der Waals surface area contributed by atoms with Gasteiger partial charge in [-0.2, -0.15) is 5.26 Å². The topological polar surface area (TPSA) is 91.1 Å². The van der Waals surface area contributed by atoms with E-state index in [4.69, 9.17) is 10.00 Å². The van der Waals surface area contributed by atoms with Crippen molar-refractivity contribution in [3.63, 3.8) is 0 Å². The lowest BCUT2D eigenvalue weighted by Crippen LogP contribution is -2.47. The summed E-state index contributed by atoms with van der Waals surface area (Å²) in [7, 11) is 0. The van der Waals surface area contributed by atoms with E-state index in [1.165, 1.54) is 12.4 Å². The summed E-state index contributed by atoms with van der Waals surface area (Å²) in [6.45, 7) is 9.92. The first-order valence-electron chi connectivity index (χ1n) is 6.70. The third kappa shape index (κ3) is 6.08. The number of ether oxygens (including phenoxy) is 1. The molecule has 1 rings (SSSR count). The Kier molecular flexibility index (Phi) is 5.47. The summed E-state index contributed by atoms with van der Waals surface area (Å²) < 4.78 is 5.23. The molecule has 1 N–H and O–H groups in total. The first-order valence-corrected chi connectivity index (χ1v) is 6.70. The number of carbonyl (C=O) groups is 1. The number of aromatic nitrogens is 2. The Bertz CT molecular complexity index is 531. The van der Waals surface area contributed by atoms with Crippen LogP contribution in [0.15, 0.2) is 12.4 Å². The van der Waals surface area contributed by atoms with E-state index in [9.17, 15) is 4.79 Å². The summed E-state index contributed by atoms with van der Waals surface area (Å²) in [6.07, 6.45) is 0.720. The average molecular weight is 291 g/mol. The molecule has 1 aromatic rings. The standard InChI is InChI=1S/C14H21N5O2/c1-10(2)8-19(18-13(20)21-14(3,4)5)12-6-11(7-15)16-9-17-12/h6,9-10H,8H2,1-5H3,(H,18,20). The second kappa shape index (κ2) is 6.88. The molecule has 0 aliphatic heterocycles. The van der Waals surface area contributed by atoms with Crippen LogP contribution in [0.25, 0.3) is 0 Å². The van der Waals surface area contributed by atoms with Crippen LogP contribution in [0.2, 0.25) is 0 Å². The summed E-state index contributed by atoms with van der Waals surface area (Å²) in [6, 6.07) is 3.46. The van der Waals surface area contributed by atoms with Crippen molar-refractivity contribution in [2.75, 3.05) is 11.6 Å². The molecule has 1 aromatic heterocycles. The molecule has 0 unspecified atom stereocenters. The van der Waals surface area contributed by atoms with Gasteiger partial charge in [-0.1, -0.05) is 13.8 Å². The number of hydrogen-bond donors (Lipinski definition) is 1. The van der Waals surface area contributed by atoms with Crippen molar-refractivity contribution in [2.45, 2.75) is 40.2 Å². The van der Waals surface area contributed by atoms with Crippen molar-refractivity contribution in [3.8, 4) is 6.07 Å². The van der Waals surface area contributed by atoms with Crippen molar-refractivity contribution < 1.29 is 9.53 Å². The van der Waals surface area contributed by atoms with Gasteiger partial charge < -0.3 is 4.74 Å². The fourth-order valence-electron chi connectivity index (χ4n) is 1.53. The van der Waals surface area contributed by atoms with Crippen LogP contribution in [-0.4, -0.2) is 28.2 Å². The van der Waals surface area contributed by atoms with E-state index in [-0.39, 0.29) is 11.6 Å². The second-order valence-corrected chi connectivity index (χ2v) is 5.99. The molecule has 0 fully saturated rings. The molecule has 0 bridgehead atoms. The summed E-state index contributed by atoms with van der Waals surface area (Å²) >= 11 is 0. The molecule has 0 atom stereocenters. The van der Waals surface area contributed by atoms with E-state index in [2.05, 4.69) is 15.4 Å². The van der Waals surface area contributed by atoms with Gasteiger partial charge in [-0.25, -0.2) is 20.2 Å². The first-order chi connectivity index (χ1) is 9.71. The highest BCUT2D eigenvalue weighted by Crippen LogP contribution is 2.12. The van der Waals surface area contributed by atoms with E-state index >= 15 is 0 Å². The molecule has 0 radical (unpaired) electrons. The lowest BCUT2D eigenvalue weighted by molar-refractivity contribution is 0.0519. The maximum Gasteiger partial charge on any atom is 0.426 e. The minimum atomic E-state index is -0.586. The van der Waals surface area contributed by atoms with Crippen molar-refractivity contribution in [1.29, 1.82) is 5.26 Å². The smallest absolute Gasteiger partial charge is 0.426 e. The Balaban J connectivity index is 2.90. The van der Waals surface area contributed by atoms with E-state index in [0.717, 1.165) is 0 Å². The average Bonchev–Trinajstić information content (AvgIpc) is 2.35. The van der Waals surface area contributed by atoms with Crippen molar-refractivity contribution in [2.24, 2.45) is 5.92 Å². The predicted octanol–water partition coefficient (Wildman–Crippen LogP) is 2.25. The largest absolute Gasteiger partial charge is 0.443 e. The minimum absolute atomic E-state index is 0.236. The van der Waals surface area contributed by atoms with Crippen LogP contribution in [-0.2, 0) is 4.74 Å². The molecule has 0 saturated heterocycles. The lowest BCUT2D eigenvalue weighted by atomic mass is 10.2. The summed E-state index contributed by atoms with van der Waals surface area (Å²) in [5.41, 5.74) is 2.29. The highest BCUT2D eigenvalue weighted by molar-refractivity contribution is 5.70. The highest BCUT2D eigenvalue weighted by atomic mass is 16.6. The third-order valence-corrected chi connectivity index (χ3v) is 2.22. The third-order valence-electron chi connectivity index (χ3n) is 2.22. The quantitative estimate of drug-likeness (QED) is 0.855. The van der Waals surface area contributed by atoms with E-state index in [0.29, 0.717) is 12.4 Å².